The van der Waals surface area contributed by atoms with Crippen molar-refractivity contribution in [3.05, 3.63) is 0 Å². The van der Waals surface area contributed by atoms with Crippen molar-refractivity contribution in [2.24, 2.45) is 11.3 Å². The van der Waals surface area contributed by atoms with Gasteiger partial charge < -0.3 is 10.6 Å². The van der Waals surface area contributed by atoms with Crippen LogP contribution in [0.2, 0.25) is 0 Å². The van der Waals surface area contributed by atoms with Gasteiger partial charge in [0.1, 0.15) is 0 Å². The zero-order chi connectivity index (χ0) is 11.2. The molecule has 0 aromatic heterocycles. The van der Waals surface area contributed by atoms with Crippen molar-refractivity contribution in [2.75, 3.05) is 32.7 Å². The predicted octanol–water partition coefficient (Wildman–Crippen LogP) is -0.194. The molecular formula is C12H21N3O. The van der Waals surface area contributed by atoms with Gasteiger partial charge in [0.05, 0.1) is 6.04 Å². The number of likely N-dealkylation sites (tertiary alicyclic amines) is 1. The molecule has 0 aromatic carbocycles. The molecule has 2 aliphatic heterocycles. The number of rotatable bonds is 3. The van der Waals surface area contributed by atoms with E-state index >= 15 is 0 Å². The Hall–Kier alpha value is -0.610. The SMILES string of the molecule is CCN1CC(NC(=O)C2CC3(CNC3)C2)C1. The smallest absolute Gasteiger partial charge is 0.223 e. The van der Waals surface area contributed by atoms with E-state index in [2.05, 4.69) is 22.5 Å². The molecule has 1 saturated carbocycles. The normalized spacial score (nSPS) is 29.3. The first-order valence-electron chi connectivity index (χ1n) is 6.44. The summed E-state index contributed by atoms with van der Waals surface area (Å²) < 4.78 is 0. The lowest BCUT2D eigenvalue weighted by molar-refractivity contribution is -0.136. The topological polar surface area (TPSA) is 44.4 Å². The summed E-state index contributed by atoms with van der Waals surface area (Å²) in [6.07, 6.45) is 2.21. The second-order valence-corrected chi connectivity index (χ2v) is 5.77. The van der Waals surface area contributed by atoms with E-state index in [0.29, 0.717) is 23.3 Å². The molecule has 90 valence electrons. The van der Waals surface area contributed by atoms with Gasteiger partial charge >= 0.3 is 0 Å². The number of likely N-dealkylation sites (N-methyl/N-ethyl adjacent to an activating group) is 1. The van der Waals surface area contributed by atoms with Gasteiger partial charge in [0, 0.05) is 32.1 Å². The lowest BCUT2D eigenvalue weighted by atomic mass is 9.58. The average molecular weight is 223 g/mol. The fourth-order valence-electron chi connectivity index (χ4n) is 3.18. The molecule has 0 atom stereocenters. The summed E-state index contributed by atoms with van der Waals surface area (Å²) >= 11 is 0. The summed E-state index contributed by atoms with van der Waals surface area (Å²) in [5.74, 6) is 0.607. The number of nitrogens with zero attached hydrogens (tertiary/aromatic N) is 1. The molecule has 0 unspecified atom stereocenters. The Morgan fingerprint density at radius 1 is 1.44 bits per heavy atom. The van der Waals surface area contributed by atoms with Gasteiger partial charge in [-0.15, -0.1) is 0 Å². The van der Waals surface area contributed by atoms with Gasteiger partial charge in [-0.1, -0.05) is 6.92 Å². The number of hydrogen-bond acceptors (Lipinski definition) is 3. The first kappa shape index (κ1) is 10.5. The highest BCUT2D eigenvalue weighted by atomic mass is 16.2. The van der Waals surface area contributed by atoms with Crippen molar-refractivity contribution in [3.63, 3.8) is 0 Å². The van der Waals surface area contributed by atoms with Crippen LogP contribution in [0.25, 0.3) is 0 Å². The van der Waals surface area contributed by atoms with E-state index in [-0.39, 0.29) is 0 Å². The second-order valence-electron chi connectivity index (χ2n) is 5.77. The van der Waals surface area contributed by atoms with Crippen molar-refractivity contribution < 1.29 is 4.79 Å². The van der Waals surface area contributed by atoms with Crippen LogP contribution >= 0.6 is 0 Å². The minimum atomic E-state index is 0.303. The van der Waals surface area contributed by atoms with Crippen LogP contribution in [0.5, 0.6) is 0 Å². The minimum absolute atomic E-state index is 0.303. The van der Waals surface area contributed by atoms with Gasteiger partial charge in [0.25, 0.3) is 0 Å². The van der Waals surface area contributed by atoms with E-state index in [0.717, 1.165) is 45.6 Å². The summed E-state index contributed by atoms with van der Waals surface area (Å²) in [6.45, 7) is 7.61. The maximum atomic E-state index is 11.9. The fourth-order valence-corrected chi connectivity index (χ4v) is 3.18. The molecule has 2 N–H and O–H groups in total. The Morgan fingerprint density at radius 3 is 2.62 bits per heavy atom. The summed E-state index contributed by atoms with van der Waals surface area (Å²) in [7, 11) is 0. The van der Waals surface area contributed by atoms with Crippen LogP contribution in [0.15, 0.2) is 0 Å². The van der Waals surface area contributed by atoms with Crippen LogP contribution in [-0.2, 0) is 4.79 Å². The van der Waals surface area contributed by atoms with Gasteiger partial charge in [-0.2, -0.15) is 0 Å². The molecule has 2 heterocycles. The maximum Gasteiger partial charge on any atom is 0.223 e. The monoisotopic (exact) mass is 223 g/mol. The molecule has 0 aromatic rings. The fraction of sp³-hybridized carbons (Fsp3) is 0.917. The summed E-state index contributed by atoms with van der Waals surface area (Å²) in [6, 6.07) is 0.420. The summed E-state index contributed by atoms with van der Waals surface area (Å²) in [5, 5.41) is 6.47. The van der Waals surface area contributed by atoms with E-state index in [1.165, 1.54) is 0 Å². The van der Waals surface area contributed by atoms with Gasteiger partial charge in [-0.05, 0) is 24.8 Å². The largest absolute Gasteiger partial charge is 0.351 e. The molecular weight excluding hydrogens is 202 g/mol. The molecule has 16 heavy (non-hydrogen) atoms. The van der Waals surface area contributed by atoms with E-state index < -0.39 is 0 Å². The predicted molar refractivity (Wildman–Crippen MR) is 62.1 cm³/mol. The Kier molecular flexibility index (Phi) is 2.44. The Balaban J connectivity index is 1.39. The van der Waals surface area contributed by atoms with Gasteiger partial charge in [-0.25, -0.2) is 0 Å². The van der Waals surface area contributed by atoms with Crippen LogP contribution in [0.4, 0.5) is 0 Å². The lowest BCUT2D eigenvalue weighted by Crippen LogP contribution is -2.65. The third kappa shape index (κ3) is 1.64. The first-order chi connectivity index (χ1) is 7.71. The third-order valence-electron chi connectivity index (χ3n) is 4.48. The summed E-state index contributed by atoms with van der Waals surface area (Å²) in [4.78, 5) is 14.3. The van der Waals surface area contributed by atoms with Crippen LogP contribution < -0.4 is 10.6 Å². The highest BCUT2D eigenvalue weighted by molar-refractivity contribution is 5.80. The van der Waals surface area contributed by atoms with E-state index in [1.54, 1.807) is 0 Å². The van der Waals surface area contributed by atoms with Crippen LogP contribution in [-0.4, -0.2) is 49.6 Å². The second kappa shape index (κ2) is 3.70. The Bertz CT molecular complexity index is 287. The average Bonchev–Trinajstić information content (AvgIpc) is 2.05. The van der Waals surface area contributed by atoms with Crippen molar-refractivity contribution in [3.8, 4) is 0 Å². The molecule has 1 spiro atoms. The zero-order valence-corrected chi connectivity index (χ0v) is 9.96. The molecule has 1 aliphatic carbocycles. The molecule has 3 fully saturated rings. The molecule has 4 heteroatoms. The van der Waals surface area contributed by atoms with E-state index in [9.17, 15) is 4.79 Å². The van der Waals surface area contributed by atoms with Gasteiger partial charge in [0.15, 0.2) is 0 Å². The lowest BCUT2D eigenvalue weighted by Gasteiger charge is -2.54. The maximum absolute atomic E-state index is 11.9. The van der Waals surface area contributed by atoms with Crippen LogP contribution in [0, 0.1) is 11.3 Å². The molecule has 3 aliphatic rings. The highest BCUT2D eigenvalue weighted by Gasteiger charge is 2.51. The molecule has 2 saturated heterocycles. The molecule has 4 nitrogen and oxygen atoms in total. The number of nitrogens with one attached hydrogen (secondary N) is 2. The van der Waals surface area contributed by atoms with Crippen LogP contribution in [0.1, 0.15) is 19.8 Å². The van der Waals surface area contributed by atoms with Crippen molar-refractivity contribution in [2.45, 2.75) is 25.8 Å². The number of amides is 1. The summed E-state index contributed by atoms with van der Waals surface area (Å²) in [5.41, 5.74) is 0.511. The highest BCUT2D eigenvalue weighted by Crippen LogP contribution is 2.48. The number of carbonyl (C=O) groups is 1. The Labute approximate surface area is 96.8 Å². The quantitative estimate of drug-likeness (QED) is 0.697. The van der Waals surface area contributed by atoms with Crippen LogP contribution in [0.3, 0.4) is 0 Å². The van der Waals surface area contributed by atoms with Crippen molar-refractivity contribution >= 4 is 5.91 Å². The third-order valence-corrected chi connectivity index (χ3v) is 4.48. The number of carbonyl (C=O) groups excluding carboxylic acids is 1. The van der Waals surface area contributed by atoms with Crippen molar-refractivity contribution in [1.82, 2.24) is 15.5 Å². The Morgan fingerprint density at radius 2 is 2.12 bits per heavy atom. The molecule has 0 radical (unpaired) electrons. The molecule has 3 rings (SSSR count). The standard InChI is InChI=1S/C12H21N3O/c1-2-15-5-10(6-15)14-11(16)9-3-12(4-9)7-13-8-12/h9-10,13H,2-8H2,1H3,(H,14,16). The number of hydrogen-bond donors (Lipinski definition) is 2. The minimum Gasteiger partial charge on any atom is -0.351 e. The van der Waals surface area contributed by atoms with Crippen molar-refractivity contribution in [1.29, 1.82) is 0 Å². The first-order valence-corrected chi connectivity index (χ1v) is 6.44. The van der Waals surface area contributed by atoms with E-state index in [1.807, 2.05) is 0 Å². The zero-order valence-electron chi connectivity index (χ0n) is 9.96. The van der Waals surface area contributed by atoms with E-state index in [4.69, 9.17) is 0 Å². The molecule has 1 amide bonds. The molecule has 0 bridgehead atoms. The van der Waals surface area contributed by atoms with Gasteiger partial charge in [-0.3, -0.25) is 9.69 Å². The van der Waals surface area contributed by atoms with Gasteiger partial charge in [0.2, 0.25) is 5.91 Å².